The Hall–Kier alpha value is -2.33. The fraction of sp³-hybridized carbons (Fsp3) is 0.133. The first-order valence-corrected chi connectivity index (χ1v) is 5.88. The number of nitrogens with one attached hydrogen (secondary N) is 1. The summed E-state index contributed by atoms with van der Waals surface area (Å²) < 4.78 is 5.04. The molecule has 19 heavy (non-hydrogen) atoms. The molecule has 0 aromatic heterocycles. The highest BCUT2D eigenvalue weighted by atomic mass is 16.5. The molecule has 2 aromatic rings. The molecule has 2 aromatic carbocycles. The van der Waals surface area contributed by atoms with Crippen molar-refractivity contribution in [3.63, 3.8) is 0 Å². The second-order valence-corrected chi connectivity index (χ2v) is 4.04. The second-order valence-electron chi connectivity index (χ2n) is 4.04. The molecule has 2 N–H and O–H groups in total. The van der Waals surface area contributed by atoms with E-state index in [0.717, 1.165) is 5.56 Å². The minimum absolute atomic E-state index is 0.00724. The highest BCUT2D eigenvalue weighted by Crippen LogP contribution is 2.14. The summed E-state index contributed by atoms with van der Waals surface area (Å²) >= 11 is 0. The SMILES string of the molecule is COc1ccc(C(=O)Nc2ccc(CO)cc2)cc1. The van der Waals surface area contributed by atoms with Crippen molar-refractivity contribution in [3.05, 3.63) is 59.7 Å². The van der Waals surface area contributed by atoms with Crippen molar-refractivity contribution in [2.75, 3.05) is 12.4 Å². The standard InChI is InChI=1S/C15H15NO3/c1-19-14-8-4-12(5-9-14)15(18)16-13-6-2-11(10-17)3-7-13/h2-9,17H,10H2,1H3,(H,16,18). The summed E-state index contributed by atoms with van der Waals surface area (Å²) in [6.07, 6.45) is 0. The maximum absolute atomic E-state index is 12.0. The molecule has 0 spiro atoms. The van der Waals surface area contributed by atoms with Gasteiger partial charge in [0.05, 0.1) is 13.7 Å². The van der Waals surface area contributed by atoms with Gasteiger partial charge in [0.2, 0.25) is 0 Å². The van der Waals surface area contributed by atoms with Crippen LogP contribution in [0.15, 0.2) is 48.5 Å². The molecule has 4 nitrogen and oxygen atoms in total. The van der Waals surface area contributed by atoms with Crippen molar-refractivity contribution >= 4 is 11.6 Å². The number of ether oxygens (including phenoxy) is 1. The highest BCUT2D eigenvalue weighted by Gasteiger charge is 2.06. The van der Waals surface area contributed by atoms with Crippen LogP contribution in [0.2, 0.25) is 0 Å². The molecule has 4 heteroatoms. The van der Waals surface area contributed by atoms with Crippen LogP contribution in [0.5, 0.6) is 5.75 Å². The number of benzene rings is 2. The summed E-state index contributed by atoms with van der Waals surface area (Å²) in [6, 6.07) is 13.9. The number of hydrogen-bond acceptors (Lipinski definition) is 3. The Kier molecular flexibility index (Phi) is 4.15. The molecule has 0 aliphatic heterocycles. The van der Waals surface area contributed by atoms with Crippen LogP contribution in [-0.4, -0.2) is 18.1 Å². The number of amides is 1. The summed E-state index contributed by atoms with van der Waals surface area (Å²) in [4.78, 5) is 12.0. The average molecular weight is 257 g/mol. The topological polar surface area (TPSA) is 58.6 Å². The van der Waals surface area contributed by atoms with Gasteiger partial charge < -0.3 is 15.2 Å². The first kappa shape index (κ1) is 13.1. The van der Waals surface area contributed by atoms with Crippen molar-refractivity contribution in [2.24, 2.45) is 0 Å². The van der Waals surface area contributed by atoms with E-state index in [9.17, 15) is 4.79 Å². The van der Waals surface area contributed by atoms with E-state index in [1.54, 1.807) is 55.6 Å². The third kappa shape index (κ3) is 3.33. The number of carbonyl (C=O) groups is 1. The molecule has 98 valence electrons. The predicted octanol–water partition coefficient (Wildman–Crippen LogP) is 2.44. The lowest BCUT2D eigenvalue weighted by Crippen LogP contribution is -2.11. The highest BCUT2D eigenvalue weighted by molar-refractivity contribution is 6.04. The van der Waals surface area contributed by atoms with Crippen LogP contribution >= 0.6 is 0 Å². The number of methoxy groups -OCH3 is 1. The number of rotatable bonds is 4. The predicted molar refractivity (Wildman–Crippen MR) is 73.3 cm³/mol. The Morgan fingerprint density at radius 3 is 2.26 bits per heavy atom. The maximum Gasteiger partial charge on any atom is 0.255 e. The quantitative estimate of drug-likeness (QED) is 0.884. The van der Waals surface area contributed by atoms with E-state index < -0.39 is 0 Å². The Labute approximate surface area is 111 Å². The maximum atomic E-state index is 12.0. The first-order valence-electron chi connectivity index (χ1n) is 5.88. The molecule has 0 unspecified atom stereocenters. The van der Waals surface area contributed by atoms with Crippen LogP contribution in [0.3, 0.4) is 0 Å². The van der Waals surface area contributed by atoms with Gasteiger partial charge in [0.1, 0.15) is 5.75 Å². The normalized spacial score (nSPS) is 10.0. The lowest BCUT2D eigenvalue weighted by atomic mass is 10.2. The van der Waals surface area contributed by atoms with Gasteiger partial charge in [-0.15, -0.1) is 0 Å². The van der Waals surface area contributed by atoms with Gasteiger partial charge in [-0.05, 0) is 42.0 Å². The molecular formula is C15H15NO3. The van der Waals surface area contributed by atoms with Crippen molar-refractivity contribution in [3.8, 4) is 5.75 Å². The fourth-order valence-electron chi connectivity index (χ4n) is 1.64. The molecule has 0 saturated carbocycles. The van der Waals surface area contributed by atoms with E-state index in [-0.39, 0.29) is 12.5 Å². The van der Waals surface area contributed by atoms with E-state index in [1.165, 1.54) is 0 Å². The Morgan fingerprint density at radius 2 is 1.74 bits per heavy atom. The van der Waals surface area contributed by atoms with Crippen molar-refractivity contribution in [1.82, 2.24) is 0 Å². The molecule has 0 aliphatic rings. The zero-order valence-corrected chi connectivity index (χ0v) is 10.6. The van der Waals surface area contributed by atoms with Crippen LogP contribution in [0.4, 0.5) is 5.69 Å². The molecule has 0 aliphatic carbocycles. The van der Waals surface area contributed by atoms with E-state index in [0.29, 0.717) is 17.0 Å². The number of anilines is 1. The number of aliphatic hydroxyl groups is 1. The van der Waals surface area contributed by atoms with Crippen LogP contribution in [0.1, 0.15) is 15.9 Å². The number of carbonyl (C=O) groups excluding carboxylic acids is 1. The molecule has 0 bridgehead atoms. The van der Waals surface area contributed by atoms with Crippen LogP contribution in [-0.2, 0) is 6.61 Å². The van der Waals surface area contributed by atoms with Crippen molar-refractivity contribution in [2.45, 2.75) is 6.61 Å². The third-order valence-corrected chi connectivity index (χ3v) is 2.75. The van der Waals surface area contributed by atoms with E-state index >= 15 is 0 Å². The molecule has 0 atom stereocenters. The second kappa shape index (κ2) is 6.02. The van der Waals surface area contributed by atoms with Gasteiger partial charge in [0.15, 0.2) is 0 Å². The third-order valence-electron chi connectivity index (χ3n) is 2.75. The lowest BCUT2D eigenvalue weighted by molar-refractivity contribution is 0.102. The smallest absolute Gasteiger partial charge is 0.255 e. The molecule has 0 fully saturated rings. The number of hydrogen-bond donors (Lipinski definition) is 2. The minimum atomic E-state index is -0.181. The zero-order chi connectivity index (χ0) is 13.7. The average Bonchev–Trinajstić information content (AvgIpc) is 2.48. The lowest BCUT2D eigenvalue weighted by Gasteiger charge is -2.06. The minimum Gasteiger partial charge on any atom is -0.497 e. The van der Waals surface area contributed by atoms with E-state index in [2.05, 4.69) is 5.32 Å². The van der Waals surface area contributed by atoms with Gasteiger partial charge in [0.25, 0.3) is 5.91 Å². The monoisotopic (exact) mass is 257 g/mol. The summed E-state index contributed by atoms with van der Waals surface area (Å²) in [5, 5.41) is 11.7. The Balaban J connectivity index is 2.06. The van der Waals surface area contributed by atoms with Crippen LogP contribution < -0.4 is 10.1 Å². The van der Waals surface area contributed by atoms with Crippen molar-refractivity contribution < 1.29 is 14.6 Å². The number of aliphatic hydroxyl groups excluding tert-OH is 1. The van der Waals surface area contributed by atoms with Gasteiger partial charge in [-0.3, -0.25) is 4.79 Å². The van der Waals surface area contributed by atoms with E-state index in [4.69, 9.17) is 9.84 Å². The largest absolute Gasteiger partial charge is 0.497 e. The van der Waals surface area contributed by atoms with Gasteiger partial charge in [-0.2, -0.15) is 0 Å². The Morgan fingerprint density at radius 1 is 1.11 bits per heavy atom. The van der Waals surface area contributed by atoms with Gasteiger partial charge >= 0.3 is 0 Å². The van der Waals surface area contributed by atoms with E-state index in [1.807, 2.05) is 0 Å². The molecular weight excluding hydrogens is 242 g/mol. The molecule has 1 amide bonds. The molecule has 2 rings (SSSR count). The summed E-state index contributed by atoms with van der Waals surface area (Å²) in [5.41, 5.74) is 2.06. The Bertz CT molecular complexity index is 547. The van der Waals surface area contributed by atoms with Crippen LogP contribution in [0, 0.1) is 0 Å². The van der Waals surface area contributed by atoms with Gasteiger partial charge in [0, 0.05) is 11.3 Å². The summed E-state index contributed by atoms with van der Waals surface area (Å²) in [5.74, 6) is 0.531. The van der Waals surface area contributed by atoms with Gasteiger partial charge in [-0.1, -0.05) is 12.1 Å². The molecule has 0 radical (unpaired) electrons. The first-order chi connectivity index (χ1) is 9.22. The van der Waals surface area contributed by atoms with Gasteiger partial charge in [-0.25, -0.2) is 0 Å². The zero-order valence-electron chi connectivity index (χ0n) is 10.6. The van der Waals surface area contributed by atoms with Crippen molar-refractivity contribution in [1.29, 1.82) is 0 Å². The van der Waals surface area contributed by atoms with Crippen LogP contribution in [0.25, 0.3) is 0 Å². The molecule has 0 saturated heterocycles. The fourth-order valence-corrected chi connectivity index (χ4v) is 1.64. The summed E-state index contributed by atoms with van der Waals surface area (Å²) in [7, 11) is 1.58. The summed E-state index contributed by atoms with van der Waals surface area (Å²) in [6.45, 7) is -0.00724. The molecule has 0 heterocycles.